The number of halogens is 2. The molecule has 5 heteroatoms. The van der Waals surface area contributed by atoms with E-state index in [2.05, 4.69) is 10.5 Å². The lowest BCUT2D eigenvalue weighted by Gasteiger charge is -2.14. The van der Waals surface area contributed by atoms with Crippen LogP contribution in [0.3, 0.4) is 0 Å². The summed E-state index contributed by atoms with van der Waals surface area (Å²) < 4.78 is 5.01. The number of nitrogens with one attached hydrogen (secondary N) is 1. The summed E-state index contributed by atoms with van der Waals surface area (Å²) in [5.74, 6) is 0.809. The maximum absolute atomic E-state index is 6.15. The predicted octanol–water partition coefficient (Wildman–Crippen LogP) is 4.14. The first-order chi connectivity index (χ1) is 8.56. The van der Waals surface area contributed by atoms with Gasteiger partial charge < -0.3 is 9.84 Å². The Morgan fingerprint density at radius 3 is 2.72 bits per heavy atom. The van der Waals surface area contributed by atoms with Gasteiger partial charge in [0.1, 0.15) is 5.76 Å². The maximum Gasteiger partial charge on any atom is 0.133 e. The lowest BCUT2D eigenvalue weighted by Crippen LogP contribution is -2.18. The smallest absolute Gasteiger partial charge is 0.133 e. The molecule has 2 aromatic rings. The minimum atomic E-state index is 0.117. The van der Waals surface area contributed by atoms with Crippen LogP contribution >= 0.6 is 23.2 Å². The van der Waals surface area contributed by atoms with E-state index in [1.807, 2.05) is 32.0 Å². The van der Waals surface area contributed by atoms with Gasteiger partial charge in [-0.05, 0) is 31.5 Å². The number of benzene rings is 1. The van der Waals surface area contributed by atoms with Crippen molar-refractivity contribution < 1.29 is 4.52 Å². The first-order valence-corrected chi connectivity index (χ1v) is 6.42. The first-order valence-electron chi connectivity index (χ1n) is 5.67. The Morgan fingerprint density at radius 1 is 1.33 bits per heavy atom. The van der Waals surface area contributed by atoms with Gasteiger partial charge in [0.15, 0.2) is 0 Å². The lowest BCUT2D eigenvalue weighted by molar-refractivity contribution is 0.386. The van der Waals surface area contributed by atoms with Gasteiger partial charge in [-0.1, -0.05) is 34.4 Å². The first kappa shape index (κ1) is 13.4. The van der Waals surface area contributed by atoms with Gasteiger partial charge in [0.2, 0.25) is 0 Å². The molecular weight excluding hydrogens is 271 g/mol. The van der Waals surface area contributed by atoms with Crippen LogP contribution in [0.4, 0.5) is 0 Å². The third-order valence-corrected chi connectivity index (χ3v) is 3.26. The van der Waals surface area contributed by atoms with E-state index < -0.39 is 0 Å². The van der Waals surface area contributed by atoms with Gasteiger partial charge in [-0.25, -0.2) is 0 Å². The van der Waals surface area contributed by atoms with E-state index in [1.165, 1.54) is 0 Å². The molecule has 0 aliphatic heterocycles. The molecule has 1 heterocycles. The number of rotatable bonds is 4. The highest BCUT2D eigenvalue weighted by Crippen LogP contribution is 2.26. The topological polar surface area (TPSA) is 38.1 Å². The molecule has 1 atom stereocenters. The average molecular weight is 285 g/mol. The molecule has 0 bridgehead atoms. The Kier molecular flexibility index (Phi) is 4.27. The van der Waals surface area contributed by atoms with Crippen LogP contribution in [-0.4, -0.2) is 5.16 Å². The zero-order valence-electron chi connectivity index (χ0n) is 10.2. The van der Waals surface area contributed by atoms with Gasteiger partial charge in [0.05, 0.1) is 5.69 Å². The van der Waals surface area contributed by atoms with Gasteiger partial charge in [-0.2, -0.15) is 0 Å². The van der Waals surface area contributed by atoms with Crippen molar-refractivity contribution in [2.24, 2.45) is 0 Å². The summed E-state index contributed by atoms with van der Waals surface area (Å²) >= 11 is 12.0. The number of aryl methyl sites for hydroxylation is 1. The Hall–Kier alpha value is -1.03. The van der Waals surface area contributed by atoms with Gasteiger partial charge in [-0.15, -0.1) is 0 Å². The zero-order valence-corrected chi connectivity index (χ0v) is 11.7. The molecule has 0 aliphatic rings. The van der Waals surface area contributed by atoms with Gasteiger partial charge in [-0.3, -0.25) is 0 Å². The molecule has 1 aromatic heterocycles. The summed E-state index contributed by atoms with van der Waals surface area (Å²) in [6.45, 7) is 4.55. The van der Waals surface area contributed by atoms with Crippen LogP contribution in [0.25, 0.3) is 0 Å². The Morgan fingerprint density at radius 2 is 2.11 bits per heavy atom. The number of hydrogen-bond donors (Lipinski definition) is 1. The van der Waals surface area contributed by atoms with Gasteiger partial charge in [0, 0.05) is 28.7 Å². The number of aromatic nitrogens is 1. The summed E-state index contributed by atoms with van der Waals surface area (Å²) in [6.07, 6.45) is 0. The molecule has 0 saturated carbocycles. The minimum Gasteiger partial charge on any atom is -0.361 e. The van der Waals surface area contributed by atoms with Crippen molar-refractivity contribution in [2.45, 2.75) is 26.4 Å². The summed E-state index contributed by atoms with van der Waals surface area (Å²) in [5, 5.41) is 8.57. The van der Waals surface area contributed by atoms with E-state index in [0.29, 0.717) is 16.6 Å². The quantitative estimate of drug-likeness (QED) is 0.917. The molecule has 96 valence electrons. The fourth-order valence-electron chi connectivity index (χ4n) is 1.72. The second-order valence-corrected chi connectivity index (χ2v) is 5.04. The Labute approximate surface area is 116 Å². The van der Waals surface area contributed by atoms with Crippen molar-refractivity contribution in [1.82, 2.24) is 10.5 Å². The molecular formula is C13H14Cl2N2O. The van der Waals surface area contributed by atoms with E-state index in [-0.39, 0.29) is 6.04 Å². The highest BCUT2D eigenvalue weighted by molar-refractivity contribution is 6.35. The van der Waals surface area contributed by atoms with E-state index in [4.69, 9.17) is 27.7 Å². The monoisotopic (exact) mass is 284 g/mol. The molecule has 1 N–H and O–H groups in total. The highest BCUT2D eigenvalue weighted by atomic mass is 35.5. The number of hydrogen-bond acceptors (Lipinski definition) is 3. The standard InChI is InChI=1S/C13H14Cl2N2O/c1-8-5-11(17-18-8)7-16-9(2)12-4-3-10(14)6-13(12)15/h3-6,9,16H,7H2,1-2H3/t9-/m0/s1. The van der Waals surface area contributed by atoms with Gasteiger partial charge in [0.25, 0.3) is 0 Å². The molecule has 3 nitrogen and oxygen atoms in total. The van der Waals surface area contributed by atoms with E-state index in [1.54, 1.807) is 6.07 Å². The molecule has 2 rings (SSSR count). The lowest BCUT2D eigenvalue weighted by atomic mass is 10.1. The third-order valence-electron chi connectivity index (χ3n) is 2.70. The molecule has 1 aromatic carbocycles. The fourth-order valence-corrected chi connectivity index (χ4v) is 2.29. The summed E-state index contributed by atoms with van der Waals surface area (Å²) in [5.41, 5.74) is 1.89. The predicted molar refractivity (Wildman–Crippen MR) is 73.0 cm³/mol. The Bertz CT molecular complexity index is 540. The van der Waals surface area contributed by atoms with Crippen LogP contribution < -0.4 is 5.32 Å². The van der Waals surface area contributed by atoms with Crippen molar-refractivity contribution in [2.75, 3.05) is 0 Å². The summed E-state index contributed by atoms with van der Waals surface area (Å²) in [6, 6.07) is 7.53. The van der Waals surface area contributed by atoms with Gasteiger partial charge >= 0.3 is 0 Å². The molecule has 0 unspecified atom stereocenters. The molecule has 0 amide bonds. The molecule has 0 aliphatic carbocycles. The summed E-state index contributed by atoms with van der Waals surface area (Å²) in [4.78, 5) is 0. The second-order valence-electron chi connectivity index (χ2n) is 4.20. The van der Waals surface area contributed by atoms with Crippen LogP contribution in [0.15, 0.2) is 28.8 Å². The minimum absolute atomic E-state index is 0.117. The van der Waals surface area contributed by atoms with Crippen LogP contribution in [0.5, 0.6) is 0 Å². The second kappa shape index (κ2) is 5.74. The average Bonchev–Trinajstić information content (AvgIpc) is 2.72. The number of nitrogens with zero attached hydrogens (tertiary/aromatic N) is 1. The van der Waals surface area contributed by atoms with Crippen LogP contribution in [0.1, 0.15) is 30.0 Å². The van der Waals surface area contributed by atoms with Crippen LogP contribution in [0, 0.1) is 6.92 Å². The summed E-state index contributed by atoms with van der Waals surface area (Å²) in [7, 11) is 0. The SMILES string of the molecule is Cc1cc(CN[C@@H](C)c2ccc(Cl)cc2Cl)no1. The molecule has 0 saturated heterocycles. The van der Waals surface area contributed by atoms with Crippen molar-refractivity contribution in [3.63, 3.8) is 0 Å². The third kappa shape index (κ3) is 3.25. The van der Waals surface area contributed by atoms with E-state index >= 15 is 0 Å². The van der Waals surface area contributed by atoms with Crippen molar-refractivity contribution >= 4 is 23.2 Å². The molecule has 0 spiro atoms. The molecule has 18 heavy (non-hydrogen) atoms. The fraction of sp³-hybridized carbons (Fsp3) is 0.308. The largest absolute Gasteiger partial charge is 0.361 e. The zero-order chi connectivity index (χ0) is 13.1. The maximum atomic E-state index is 6.15. The van der Waals surface area contributed by atoms with Crippen molar-refractivity contribution in [3.8, 4) is 0 Å². The molecule has 0 fully saturated rings. The van der Waals surface area contributed by atoms with E-state index in [9.17, 15) is 0 Å². The van der Waals surface area contributed by atoms with Crippen LogP contribution in [-0.2, 0) is 6.54 Å². The van der Waals surface area contributed by atoms with Crippen molar-refractivity contribution in [3.05, 3.63) is 51.3 Å². The van der Waals surface area contributed by atoms with Crippen molar-refractivity contribution in [1.29, 1.82) is 0 Å². The van der Waals surface area contributed by atoms with Crippen LogP contribution in [0.2, 0.25) is 10.0 Å². The normalized spacial score (nSPS) is 12.7. The van der Waals surface area contributed by atoms with E-state index in [0.717, 1.165) is 17.0 Å². The Balaban J connectivity index is 2.01. The molecule has 0 radical (unpaired) electrons. The highest BCUT2D eigenvalue weighted by Gasteiger charge is 2.10.